The van der Waals surface area contributed by atoms with Crippen molar-refractivity contribution in [1.29, 1.82) is 5.26 Å². The molecule has 4 nitrogen and oxygen atoms in total. The molecule has 0 radical (unpaired) electrons. The molecule has 0 aromatic heterocycles. The van der Waals surface area contributed by atoms with E-state index in [9.17, 15) is 10.1 Å². The van der Waals surface area contributed by atoms with Crippen LogP contribution >= 0.6 is 39.1 Å². The molecule has 0 saturated carbocycles. The van der Waals surface area contributed by atoms with Crippen LogP contribution in [0, 0.1) is 25.2 Å². The quantitative estimate of drug-likeness (QED) is 0.265. The topological polar surface area (TPSA) is 62.1 Å². The highest BCUT2D eigenvalue weighted by molar-refractivity contribution is 9.10. The number of amides is 1. The van der Waals surface area contributed by atoms with E-state index >= 15 is 0 Å². The van der Waals surface area contributed by atoms with Crippen molar-refractivity contribution in [1.82, 2.24) is 0 Å². The van der Waals surface area contributed by atoms with Crippen molar-refractivity contribution in [3.8, 4) is 11.8 Å². The molecule has 0 atom stereocenters. The minimum absolute atomic E-state index is 0.0688. The number of rotatable bonds is 6. The average molecular weight is 530 g/mol. The molecule has 0 aliphatic rings. The van der Waals surface area contributed by atoms with Gasteiger partial charge in [0.2, 0.25) is 0 Å². The second-order valence-corrected chi connectivity index (χ2v) is 8.79. The summed E-state index contributed by atoms with van der Waals surface area (Å²) in [6, 6.07) is 18.5. The molecular weight excluding hydrogens is 511 g/mol. The highest BCUT2D eigenvalue weighted by atomic mass is 79.9. The van der Waals surface area contributed by atoms with E-state index in [1.54, 1.807) is 37.3 Å². The van der Waals surface area contributed by atoms with Gasteiger partial charge in [-0.05, 0) is 76.8 Å². The van der Waals surface area contributed by atoms with Crippen molar-refractivity contribution in [2.45, 2.75) is 20.5 Å². The molecule has 3 aromatic rings. The zero-order valence-corrected chi connectivity index (χ0v) is 20.5. The second-order valence-electron chi connectivity index (χ2n) is 7.12. The normalized spacial score (nSPS) is 11.1. The van der Waals surface area contributed by atoms with Gasteiger partial charge in [0.25, 0.3) is 5.91 Å². The van der Waals surface area contributed by atoms with Crippen molar-refractivity contribution in [2.24, 2.45) is 0 Å². The number of carbonyl (C=O) groups excluding carboxylic acids is 1. The number of benzene rings is 3. The lowest BCUT2D eigenvalue weighted by atomic mass is 10.1. The summed E-state index contributed by atoms with van der Waals surface area (Å²) in [5.74, 6) is -0.0493. The molecule has 1 N–H and O–H groups in total. The Kier molecular flexibility index (Phi) is 7.98. The summed E-state index contributed by atoms with van der Waals surface area (Å²) in [4.78, 5) is 12.6. The van der Waals surface area contributed by atoms with Gasteiger partial charge >= 0.3 is 0 Å². The number of carbonyl (C=O) groups is 1. The predicted octanol–water partition coefficient (Wildman–Crippen LogP) is 7.50. The Morgan fingerprint density at radius 2 is 1.84 bits per heavy atom. The first kappa shape index (κ1) is 23.9. The summed E-state index contributed by atoms with van der Waals surface area (Å²) in [5, 5.41) is 13.1. The van der Waals surface area contributed by atoms with Gasteiger partial charge in [0.15, 0.2) is 5.75 Å². The molecule has 0 fully saturated rings. The lowest BCUT2D eigenvalue weighted by Crippen LogP contribution is -2.14. The van der Waals surface area contributed by atoms with Crippen LogP contribution in [-0.2, 0) is 11.4 Å². The smallest absolute Gasteiger partial charge is 0.266 e. The Hall–Kier alpha value is -2.78. The number of nitrogens with one attached hydrogen (secondary N) is 1. The molecule has 0 unspecified atom stereocenters. The van der Waals surface area contributed by atoms with Crippen LogP contribution in [-0.4, -0.2) is 5.91 Å². The van der Waals surface area contributed by atoms with Crippen molar-refractivity contribution >= 4 is 56.8 Å². The minimum atomic E-state index is -0.537. The molecule has 3 rings (SSSR count). The Bertz CT molecular complexity index is 1210. The summed E-state index contributed by atoms with van der Waals surface area (Å²) >= 11 is 16.0. The molecule has 0 saturated heterocycles. The molecular formula is C25H19BrCl2N2O2. The number of halogens is 3. The fraction of sp³-hybridized carbons (Fsp3) is 0.120. The Morgan fingerprint density at radius 1 is 1.12 bits per heavy atom. The van der Waals surface area contributed by atoms with E-state index in [1.165, 1.54) is 11.6 Å². The summed E-state index contributed by atoms with van der Waals surface area (Å²) in [5.41, 5.74) is 3.97. The number of anilines is 1. The van der Waals surface area contributed by atoms with Gasteiger partial charge in [-0.1, -0.05) is 59.1 Å². The number of hydrogen-bond donors (Lipinski definition) is 1. The molecule has 0 spiro atoms. The molecule has 0 aliphatic carbocycles. The van der Waals surface area contributed by atoms with Gasteiger partial charge in [-0.15, -0.1) is 0 Å². The van der Waals surface area contributed by atoms with Crippen LogP contribution in [0.15, 0.2) is 64.6 Å². The summed E-state index contributed by atoms with van der Waals surface area (Å²) in [6.45, 7) is 4.18. The highest BCUT2D eigenvalue weighted by Crippen LogP contribution is 2.36. The molecule has 0 bridgehead atoms. The van der Waals surface area contributed by atoms with Crippen molar-refractivity contribution in [3.05, 3.63) is 96.9 Å². The van der Waals surface area contributed by atoms with Crippen LogP contribution in [0.25, 0.3) is 6.08 Å². The van der Waals surface area contributed by atoms with Gasteiger partial charge in [-0.3, -0.25) is 4.79 Å². The fourth-order valence-corrected chi connectivity index (χ4v) is 4.05. The predicted molar refractivity (Wildman–Crippen MR) is 133 cm³/mol. The number of aryl methyl sites for hydroxylation is 1. The van der Waals surface area contributed by atoms with E-state index in [0.29, 0.717) is 38.1 Å². The first-order valence-electron chi connectivity index (χ1n) is 9.64. The molecule has 0 heterocycles. The van der Waals surface area contributed by atoms with Gasteiger partial charge < -0.3 is 10.1 Å². The molecule has 162 valence electrons. The summed E-state index contributed by atoms with van der Waals surface area (Å²) < 4.78 is 6.49. The van der Waals surface area contributed by atoms with Crippen molar-refractivity contribution in [2.75, 3.05) is 5.32 Å². The number of ether oxygens (including phenoxy) is 1. The van der Waals surface area contributed by atoms with E-state index in [4.69, 9.17) is 27.9 Å². The molecule has 32 heavy (non-hydrogen) atoms. The Balaban J connectivity index is 1.78. The van der Waals surface area contributed by atoms with E-state index < -0.39 is 5.91 Å². The number of nitrogens with zero attached hydrogens (tertiary/aromatic N) is 1. The van der Waals surface area contributed by atoms with Gasteiger partial charge in [-0.2, -0.15) is 5.26 Å². The maximum atomic E-state index is 12.6. The van der Waals surface area contributed by atoms with Crippen molar-refractivity contribution < 1.29 is 9.53 Å². The number of hydrogen-bond acceptors (Lipinski definition) is 3. The molecule has 0 aliphatic heterocycles. The second kappa shape index (κ2) is 10.7. The first-order valence-corrected chi connectivity index (χ1v) is 11.2. The van der Waals surface area contributed by atoms with Gasteiger partial charge in [0.1, 0.15) is 18.2 Å². The lowest BCUT2D eigenvalue weighted by Gasteiger charge is -2.12. The van der Waals surface area contributed by atoms with Crippen LogP contribution < -0.4 is 10.1 Å². The zero-order chi connectivity index (χ0) is 23.3. The monoisotopic (exact) mass is 528 g/mol. The highest BCUT2D eigenvalue weighted by Gasteiger charge is 2.14. The molecule has 7 heteroatoms. The number of nitriles is 1. The van der Waals surface area contributed by atoms with Crippen molar-refractivity contribution in [3.63, 3.8) is 0 Å². The SMILES string of the molecule is Cc1ccc(COc2c(Cl)cc(/C=C(/C#N)C(=O)Nc3cccc(Cl)c3C)cc2Br)cc1. The summed E-state index contributed by atoms with van der Waals surface area (Å²) in [7, 11) is 0. The third-order valence-corrected chi connectivity index (χ3v) is 6.00. The third-order valence-electron chi connectivity index (χ3n) is 4.72. The van der Waals surface area contributed by atoms with Crippen LogP contribution in [0.4, 0.5) is 5.69 Å². The lowest BCUT2D eigenvalue weighted by molar-refractivity contribution is -0.112. The Morgan fingerprint density at radius 3 is 2.50 bits per heavy atom. The van der Waals surface area contributed by atoms with E-state index in [-0.39, 0.29) is 5.57 Å². The Labute approximate surface area is 205 Å². The van der Waals surface area contributed by atoms with Gasteiger partial charge in [0.05, 0.1) is 9.50 Å². The minimum Gasteiger partial charge on any atom is -0.486 e. The summed E-state index contributed by atoms with van der Waals surface area (Å²) in [6.07, 6.45) is 1.47. The van der Waals surface area contributed by atoms with E-state index in [1.807, 2.05) is 37.3 Å². The fourth-order valence-electron chi connectivity index (χ4n) is 2.89. The van der Waals surface area contributed by atoms with Crippen LogP contribution in [0.1, 0.15) is 22.3 Å². The van der Waals surface area contributed by atoms with Crippen LogP contribution in [0.2, 0.25) is 10.0 Å². The maximum Gasteiger partial charge on any atom is 0.266 e. The van der Waals surface area contributed by atoms with E-state index in [0.717, 1.165) is 11.1 Å². The largest absolute Gasteiger partial charge is 0.486 e. The third kappa shape index (κ3) is 5.92. The van der Waals surface area contributed by atoms with Gasteiger partial charge in [-0.25, -0.2) is 0 Å². The van der Waals surface area contributed by atoms with E-state index in [2.05, 4.69) is 21.2 Å². The zero-order valence-electron chi connectivity index (χ0n) is 17.4. The average Bonchev–Trinajstić information content (AvgIpc) is 2.76. The maximum absolute atomic E-state index is 12.6. The first-order chi connectivity index (χ1) is 15.3. The van der Waals surface area contributed by atoms with Gasteiger partial charge in [0, 0.05) is 10.7 Å². The molecule has 3 aromatic carbocycles. The molecule has 1 amide bonds. The standard InChI is InChI=1S/C25H19BrCl2N2O2/c1-15-6-8-17(9-7-15)14-32-24-20(26)11-18(12-22(24)28)10-19(13-29)25(31)30-23-5-3-4-21(27)16(23)2/h3-12H,14H2,1-2H3,(H,30,31)/b19-10-. The van der Waals surface area contributed by atoms with Crippen LogP contribution in [0.5, 0.6) is 5.75 Å². The van der Waals surface area contributed by atoms with Crippen LogP contribution in [0.3, 0.4) is 0 Å².